The molecular weight excluding hydrogens is 246 g/mol. The predicted octanol–water partition coefficient (Wildman–Crippen LogP) is 2.46. The van der Waals surface area contributed by atoms with Gasteiger partial charge in [-0.2, -0.15) is 5.26 Å². The van der Waals surface area contributed by atoms with Gasteiger partial charge in [0.1, 0.15) is 6.07 Å². The summed E-state index contributed by atoms with van der Waals surface area (Å²) in [6, 6.07) is 5.23. The van der Waals surface area contributed by atoms with Crippen molar-refractivity contribution < 1.29 is 9.90 Å². The van der Waals surface area contributed by atoms with Crippen molar-refractivity contribution in [3.8, 4) is 6.07 Å². The van der Waals surface area contributed by atoms with Gasteiger partial charge >= 0.3 is 5.97 Å². The van der Waals surface area contributed by atoms with Crippen molar-refractivity contribution >= 4 is 21.9 Å². The van der Waals surface area contributed by atoms with Gasteiger partial charge in [-0.3, -0.25) is 0 Å². The molecule has 0 atom stereocenters. The van der Waals surface area contributed by atoms with E-state index in [9.17, 15) is 4.79 Å². The van der Waals surface area contributed by atoms with E-state index in [2.05, 4.69) is 15.9 Å². The molecule has 1 rings (SSSR count). The number of halogens is 1. The molecule has 1 aromatic rings. The first kappa shape index (κ1) is 10.7. The smallest absolute Gasteiger partial charge is 0.337 e. The van der Waals surface area contributed by atoms with Gasteiger partial charge < -0.3 is 5.11 Å². The number of carboxylic acids is 1. The van der Waals surface area contributed by atoms with Crippen LogP contribution in [-0.4, -0.2) is 11.1 Å². The molecule has 0 aliphatic heterocycles. The molecule has 4 heteroatoms. The largest absolute Gasteiger partial charge is 0.478 e. The van der Waals surface area contributed by atoms with Gasteiger partial charge in [0.15, 0.2) is 0 Å². The number of alkyl halides is 1. The van der Waals surface area contributed by atoms with Crippen LogP contribution in [0.5, 0.6) is 0 Å². The molecule has 1 N–H and O–H groups in total. The second-order valence-corrected chi connectivity index (χ2v) is 3.46. The first-order chi connectivity index (χ1) is 6.60. The highest BCUT2D eigenvalue weighted by atomic mass is 79.9. The average Bonchev–Trinajstić information content (AvgIpc) is 2.16. The third-order valence-electron chi connectivity index (χ3n) is 1.85. The van der Waals surface area contributed by atoms with Crippen LogP contribution in [-0.2, 0) is 5.33 Å². The number of carbonyl (C=O) groups is 1. The third-order valence-corrected chi connectivity index (χ3v) is 2.45. The highest BCUT2D eigenvalue weighted by Gasteiger charge is 2.13. The van der Waals surface area contributed by atoms with E-state index in [1.807, 2.05) is 6.07 Å². The number of hydrogen-bond acceptors (Lipinski definition) is 2. The quantitative estimate of drug-likeness (QED) is 0.824. The SMILES string of the molecule is Cc1cc(CBr)c(C#N)c(C(=O)O)c1. The minimum absolute atomic E-state index is 0.0713. The van der Waals surface area contributed by atoms with E-state index in [1.54, 1.807) is 13.0 Å². The Hall–Kier alpha value is -1.34. The summed E-state index contributed by atoms with van der Waals surface area (Å²) >= 11 is 3.22. The van der Waals surface area contributed by atoms with Gasteiger partial charge in [-0.1, -0.05) is 22.0 Å². The van der Waals surface area contributed by atoms with Crippen molar-refractivity contribution in [2.45, 2.75) is 12.3 Å². The average molecular weight is 254 g/mol. The third kappa shape index (κ3) is 1.94. The van der Waals surface area contributed by atoms with Gasteiger partial charge in [0, 0.05) is 5.33 Å². The molecule has 0 heterocycles. The highest BCUT2D eigenvalue weighted by Crippen LogP contribution is 2.19. The highest BCUT2D eigenvalue weighted by molar-refractivity contribution is 9.08. The molecule has 14 heavy (non-hydrogen) atoms. The summed E-state index contributed by atoms with van der Waals surface area (Å²) in [5.41, 5.74) is 1.86. The zero-order valence-corrected chi connectivity index (χ0v) is 9.13. The number of carboxylic acid groups (broad SMARTS) is 1. The molecule has 0 aliphatic carbocycles. The van der Waals surface area contributed by atoms with Crippen molar-refractivity contribution in [3.63, 3.8) is 0 Å². The Labute approximate surface area is 90.1 Å². The molecule has 72 valence electrons. The van der Waals surface area contributed by atoms with Crippen molar-refractivity contribution in [3.05, 3.63) is 34.4 Å². The van der Waals surface area contributed by atoms with Crippen LogP contribution in [0.15, 0.2) is 12.1 Å². The second-order valence-electron chi connectivity index (χ2n) is 2.90. The lowest BCUT2D eigenvalue weighted by Crippen LogP contribution is -2.03. The van der Waals surface area contributed by atoms with Crippen LogP contribution in [0.25, 0.3) is 0 Å². The molecule has 0 bridgehead atoms. The Morgan fingerprint density at radius 3 is 2.71 bits per heavy atom. The summed E-state index contributed by atoms with van der Waals surface area (Å²) in [6.07, 6.45) is 0. The Balaban J connectivity index is 3.49. The van der Waals surface area contributed by atoms with E-state index in [4.69, 9.17) is 10.4 Å². The molecule has 0 aliphatic rings. The zero-order chi connectivity index (χ0) is 10.7. The van der Waals surface area contributed by atoms with Crippen molar-refractivity contribution in [2.75, 3.05) is 0 Å². The molecular formula is C10H8BrNO2. The summed E-state index contributed by atoms with van der Waals surface area (Å²) in [4.78, 5) is 10.8. The van der Waals surface area contributed by atoms with Gasteiger partial charge in [0.05, 0.1) is 11.1 Å². The Bertz CT molecular complexity index is 421. The predicted molar refractivity (Wildman–Crippen MR) is 55.5 cm³/mol. The summed E-state index contributed by atoms with van der Waals surface area (Å²) in [5, 5.41) is 18.2. The summed E-state index contributed by atoms with van der Waals surface area (Å²) in [5.74, 6) is -1.06. The van der Waals surface area contributed by atoms with Gasteiger partial charge in [-0.05, 0) is 24.1 Å². The monoisotopic (exact) mass is 253 g/mol. The molecule has 0 unspecified atom stereocenters. The van der Waals surface area contributed by atoms with Crippen molar-refractivity contribution in [2.24, 2.45) is 0 Å². The lowest BCUT2D eigenvalue weighted by molar-refractivity contribution is 0.0696. The lowest BCUT2D eigenvalue weighted by atomic mass is 10.00. The van der Waals surface area contributed by atoms with E-state index in [1.165, 1.54) is 6.07 Å². The minimum Gasteiger partial charge on any atom is -0.478 e. The number of nitrogens with zero attached hydrogens (tertiary/aromatic N) is 1. The van der Waals surface area contributed by atoms with Gasteiger partial charge in [0.2, 0.25) is 0 Å². The number of hydrogen-bond donors (Lipinski definition) is 1. The summed E-state index contributed by atoms with van der Waals surface area (Å²) < 4.78 is 0. The molecule has 0 fully saturated rings. The number of rotatable bonds is 2. The molecule has 0 amide bonds. The molecule has 0 spiro atoms. The maximum absolute atomic E-state index is 10.8. The maximum atomic E-state index is 10.8. The first-order valence-electron chi connectivity index (χ1n) is 3.93. The van der Waals surface area contributed by atoms with E-state index >= 15 is 0 Å². The number of aryl methyl sites for hydroxylation is 1. The van der Waals surface area contributed by atoms with Crippen LogP contribution < -0.4 is 0 Å². The normalized spacial score (nSPS) is 9.50. The number of nitriles is 1. The van der Waals surface area contributed by atoms with E-state index < -0.39 is 5.97 Å². The summed E-state index contributed by atoms with van der Waals surface area (Å²) in [6.45, 7) is 1.81. The maximum Gasteiger partial charge on any atom is 0.337 e. The molecule has 0 saturated carbocycles. The lowest BCUT2D eigenvalue weighted by Gasteiger charge is -2.05. The van der Waals surface area contributed by atoms with Crippen LogP contribution in [0.1, 0.15) is 27.0 Å². The number of aromatic carboxylic acids is 1. The van der Waals surface area contributed by atoms with Crippen molar-refractivity contribution in [1.82, 2.24) is 0 Å². The molecule has 3 nitrogen and oxygen atoms in total. The molecule has 0 saturated heterocycles. The molecule has 1 aromatic carbocycles. The fourth-order valence-electron chi connectivity index (χ4n) is 1.27. The zero-order valence-electron chi connectivity index (χ0n) is 7.54. The fraction of sp³-hybridized carbons (Fsp3) is 0.200. The van der Waals surface area contributed by atoms with E-state index in [-0.39, 0.29) is 11.1 Å². The van der Waals surface area contributed by atoms with Gasteiger partial charge in [-0.25, -0.2) is 4.79 Å². The topological polar surface area (TPSA) is 61.1 Å². The van der Waals surface area contributed by atoms with Crippen LogP contribution >= 0.6 is 15.9 Å². The Kier molecular flexibility index (Phi) is 3.26. The second kappa shape index (κ2) is 4.25. The standard InChI is InChI=1S/C10H8BrNO2/c1-6-2-7(4-11)9(5-12)8(3-6)10(13)14/h2-3H,4H2,1H3,(H,13,14). The van der Waals surface area contributed by atoms with E-state index in [0.29, 0.717) is 10.9 Å². The Morgan fingerprint density at radius 1 is 1.64 bits per heavy atom. The van der Waals surface area contributed by atoms with Crippen LogP contribution in [0.3, 0.4) is 0 Å². The van der Waals surface area contributed by atoms with Gasteiger partial charge in [-0.15, -0.1) is 0 Å². The minimum atomic E-state index is -1.06. The number of benzene rings is 1. The first-order valence-corrected chi connectivity index (χ1v) is 5.05. The summed E-state index contributed by atoms with van der Waals surface area (Å²) in [7, 11) is 0. The van der Waals surface area contributed by atoms with Crippen LogP contribution in [0, 0.1) is 18.3 Å². The fourth-order valence-corrected chi connectivity index (χ4v) is 1.71. The molecule has 0 aromatic heterocycles. The van der Waals surface area contributed by atoms with Gasteiger partial charge in [0.25, 0.3) is 0 Å². The van der Waals surface area contributed by atoms with Crippen molar-refractivity contribution in [1.29, 1.82) is 5.26 Å². The molecule has 0 radical (unpaired) electrons. The van der Waals surface area contributed by atoms with E-state index in [0.717, 1.165) is 5.56 Å². The Morgan fingerprint density at radius 2 is 2.29 bits per heavy atom. The van der Waals surface area contributed by atoms with Crippen LogP contribution in [0.2, 0.25) is 0 Å². The van der Waals surface area contributed by atoms with Crippen LogP contribution in [0.4, 0.5) is 0 Å².